The molecule has 0 aliphatic heterocycles. The van der Waals surface area contributed by atoms with Crippen LogP contribution in [0.25, 0.3) is 21.8 Å². The zero-order valence-electron chi connectivity index (χ0n) is 24.2. The van der Waals surface area contributed by atoms with Crippen molar-refractivity contribution in [3.63, 3.8) is 0 Å². The van der Waals surface area contributed by atoms with Gasteiger partial charge in [0.05, 0.1) is 23.5 Å². The van der Waals surface area contributed by atoms with Gasteiger partial charge < -0.3 is 19.4 Å². The summed E-state index contributed by atoms with van der Waals surface area (Å²) in [5, 5.41) is 14.1. The Morgan fingerprint density at radius 3 is 2.22 bits per heavy atom. The van der Waals surface area contributed by atoms with Crippen LogP contribution >= 0.6 is 0 Å². The van der Waals surface area contributed by atoms with E-state index in [0.29, 0.717) is 11.3 Å². The minimum absolute atomic E-state index is 0.0537. The summed E-state index contributed by atoms with van der Waals surface area (Å²) in [7, 11) is 0. The van der Waals surface area contributed by atoms with Gasteiger partial charge in [-0.25, -0.2) is 0 Å². The first-order valence-electron chi connectivity index (χ1n) is 14.4. The number of aromatic amines is 1. The standard InChI is InChI=1S/C36H29N3O6/c40-34(27-15-18-35(33(21-27)39(42)43)45-24-25-9-3-1-4-10-25)23-38(36(41)26-11-5-2-6-12-26)19-20-44-28-16-17-30-29-13-7-8-14-31(29)37-32(30)22-28/h1-18,21-22,37H,19-20,23-24H2. The van der Waals surface area contributed by atoms with Gasteiger partial charge in [0.25, 0.3) is 5.91 Å². The molecule has 0 spiro atoms. The summed E-state index contributed by atoms with van der Waals surface area (Å²) in [4.78, 5) is 42.9. The summed E-state index contributed by atoms with van der Waals surface area (Å²) >= 11 is 0. The molecule has 0 radical (unpaired) electrons. The molecule has 6 aromatic rings. The molecule has 0 fully saturated rings. The van der Waals surface area contributed by atoms with Crippen LogP contribution in [0.3, 0.4) is 0 Å². The second kappa shape index (κ2) is 13.1. The van der Waals surface area contributed by atoms with Gasteiger partial charge in [-0.2, -0.15) is 0 Å². The summed E-state index contributed by atoms with van der Waals surface area (Å²) < 4.78 is 11.7. The van der Waals surface area contributed by atoms with Crippen LogP contribution in [0.1, 0.15) is 26.3 Å². The number of carbonyl (C=O) groups excluding carboxylic acids is 2. The van der Waals surface area contributed by atoms with Crippen molar-refractivity contribution >= 4 is 39.2 Å². The van der Waals surface area contributed by atoms with Crippen LogP contribution in [0.15, 0.2) is 121 Å². The number of carbonyl (C=O) groups is 2. The third kappa shape index (κ3) is 6.67. The normalized spacial score (nSPS) is 10.9. The van der Waals surface area contributed by atoms with Gasteiger partial charge in [-0.05, 0) is 48.0 Å². The average Bonchev–Trinajstić information content (AvgIpc) is 3.45. The second-order valence-electron chi connectivity index (χ2n) is 10.5. The van der Waals surface area contributed by atoms with Crippen LogP contribution in [0.5, 0.6) is 11.5 Å². The molecule has 0 bridgehead atoms. The Kier molecular flexibility index (Phi) is 8.50. The highest BCUT2D eigenvalue weighted by Gasteiger charge is 2.23. The average molecular weight is 600 g/mol. The molecule has 0 saturated heterocycles. The third-order valence-electron chi connectivity index (χ3n) is 7.46. The lowest BCUT2D eigenvalue weighted by Gasteiger charge is -2.22. The first kappa shape index (κ1) is 29.1. The van der Waals surface area contributed by atoms with Crippen molar-refractivity contribution in [2.24, 2.45) is 0 Å². The quantitative estimate of drug-likeness (QED) is 0.0903. The van der Waals surface area contributed by atoms with Crippen molar-refractivity contribution in [2.45, 2.75) is 6.61 Å². The van der Waals surface area contributed by atoms with Crippen LogP contribution < -0.4 is 9.47 Å². The van der Waals surface area contributed by atoms with Gasteiger partial charge >= 0.3 is 5.69 Å². The van der Waals surface area contributed by atoms with E-state index in [0.717, 1.165) is 27.4 Å². The van der Waals surface area contributed by atoms with E-state index in [1.165, 1.54) is 23.1 Å². The highest BCUT2D eigenvalue weighted by atomic mass is 16.6. The van der Waals surface area contributed by atoms with Gasteiger partial charge in [0.15, 0.2) is 11.5 Å². The van der Waals surface area contributed by atoms with Crippen molar-refractivity contribution in [3.05, 3.63) is 148 Å². The first-order chi connectivity index (χ1) is 22.0. The van der Waals surface area contributed by atoms with Crippen LogP contribution in [0.4, 0.5) is 5.69 Å². The molecule has 6 rings (SSSR count). The highest BCUT2D eigenvalue weighted by Crippen LogP contribution is 2.30. The number of ether oxygens (including phenoxy) is 2. The van der Waals surface area contributed by atoms with Crippen molar-refractivity contribution in [3.8, 4) is 11.5 Å². The second-order valence-corrected chi connectivity index (χ2v) is 10.5. The Balaban J connectivity index is 1.17. The lowest BCUT2D eigenvalue weighted by atomic mass is 10.1. The van der Waals surface area contributed by atoms with E-state index in [1.54, 1.807) is 30.3 Å². The van der Waals surface area contributed by atoms with Crippen molar-refractivity contribution in [2.75, 3.05) is 19.7 Å². The Morgan fingerprint density at radius 2 is 1.44 bits per heavy atom. The van der Waals surface area contributed by atoms with Crippen LogP contribution in [-0.4, -0.2) is 46.2 Å². The summed E-state index contributed by atoms with van der Waals surface area (Å²) in [6.07, 6.45) is 0. The fraction of sp³-hybridized carbons (Fsp3) is 0.111. The molecule has 9 nitrogen and oxygen atoms in total. The van der Waals surface area contributed by atoms with E-state index in [9.17, 15) is 19.7 Å². The number of hydrogen-bond donors (Lipinski definition) is 1. The Morgan fingerprint density at radius 1 is 0.733 bits per heavy atom. The molecule has 1 heterocycles. The Labute approximate surface area is 258 Å². The topological polar surface area (TPSA) is 115 Å². The number of Topliss-reactive ketones (excluding diaryl/α,β-unsaturated/α-hetero) is 1. The van der Waals surface area contributed by atoms with Crippen LogP contribution in [-0.2, 0) is 6.61 Å². The summed E-state index contributed by atoms with van der Waals surface area (Å²) in [5.41, 5.74) is 3.00. The number of nitrogens with one attached hydrogen (secondary N) is 1. The fourth-order valence-corrected chi connectivity index (χ4v) is 5.17. The number of H-pyrrole nitrogens is 1. The number of nitro groups is 1. The fourth-order valence-electron chi connectivity index (χ4n) is 5.17. The van der Waals surface area contributed by atoms with Crippen molar-refractivity contribution in [1.82, 2.24) is 9.88 Å². The molecular formula is C36H29N3O6. The van der Waals surface area contributed by atoms with E-state index < -0.39 is 10.7 Å². The van der Waals surface area contributed by atoms with Gasteiger partial charge in [0.1, 0.15) is 19.0 Å². The molecule has 0 aliphatic carbocycles. The van der Waals surface area contributed by atoms with Gasteiger partial charge in [-0.15, -0.1) is 0 Å². The minimum atomic E-state index is -0.582. The number of para-hydroxylation sites is 1. The number of hydrogen-bond acceptors (Lipinski definition) is 6. The summed E-state index contributed by atoms with van der Waals surface area (Å²) in [5.74, 6) is -0.125. The van der Waals surface area contributed by atoms with E-state index in [1.807, 2.05) is 66.7 Å². The van der Waals surface area contributed by atoms with Gasteiger partial charge in [0.2, 0.25) is 0 Å². The van der Waals surface area contributed by atoms with E-state index in [-0.39, 0.29) is 49.2 Å². The maximum absolute atomic E-state index is 13.5. The van der Waals surface area contributed by atoms with Crippen molar-refractivity contribution < 1.29 is 24.0 Å². The zero-order chi connectivity index (χ0) is 31.2. The van der Waals surface area contributed by atoms with Crippen LogP contribution in [0, 0.1) is 10.1 Å². The summed E-state index contributed by atoms with van der Waals surface area (Å²) in [6.45, 7) is 0.0929. The number of rotatable bonds is 12. The number of amides is 1. The van der Waals surface area contributed by atoms with Gasteiger partial charge in [0, 0.05) is 39.5 Å². The molecule has 45 heavy (non-hydrogen) atoms. The van der Waals surface area contributed by atoms with E-state index >= 15 is 0 Å². The Hall–Kier alpha value is -5.96. The van der Waals surface area contributed by atoms with Gasteiger partial charge in [-0.1, -0.05) is 66.7 Å². The molecule has 224 valence electrons. The number of aromatic nitrogens is 1. The predicted octanol–water partition coefficient (Wildman–Crippen LogP) is 7.21. The Bertz CT molecular complexity index is 1990. The largest absolute Gasteiger partial charge is 0.492 e. The zero-order valence-corrected chi connectivity index (χ0v) is 24.2. The molecule has 0 unspecified atom stereocenters. The number of fused-ring (bicyclic) bond motifs is 3. The SMILES string of the molecule is O=C(CN(CCOc1ccc2c(c1)[nH]c1ccccc12)C(=O)c1ccccc1)c1ccc(OCc2ccccc2)c([N+](=O)[O-])c1. The van der Waals surface area contributed by atoms with E-state index in [4.69, 9.17) is 9.47 Å². The number of benzene rings is 5. The molecule has 1 N–H and O–H groups in total. The molecule has 1 amide bonds. The first-order valence-corrected chi connectivity index (χ1v) is 14.4. The molecule has 0 aliphatic rings. The lowest BCUT2D eigenvalue weighted by Crippen LogP contribution is -2.38. The molecule has 0 atom stereocenters. The predicted molar refractivity (Wildman–Crippen MR) is 172 cm³/mol. The maximum atomic E-state index is 13.5. The lowest BCUT2D eigenvalue weighted by molar-refractivity contribution is -0.386. The van der Waals surface area contributed by atoms with E-state index in [2.05, 4.69) is 11.1 Å². The number of ketones is 1. The smallest absolute Gasteiger partial charge is 0.311 e. The molecule has 0 saturated carbocycles. The molecule has 1 aromatic heterocycles. The monoisotopic (exact) mass is 599 g/mol. The van der Waals surface area contributed by atoms with Gasteiger partial charge in [-0.3, -0.25) is 19.7 Å². The maximum Gasteiger partial charge on any atom is 0.311 e. The third-order valence-corrected chi connectivity index (χ3v) is 7.46. The minimum Gasteiger partial charge on any atom is -0.492 e. The highest BCUT2D eigenvalue weighted by molar-refractivity contribution is 6.07. The number of nitro benzene ring substituents is 1. The van der Waals surface area contributed by atoms with Crippen LogP contribution in [0.2, 0.25) is 0 Å². The number of nitrogens with zero attached hydrogens (tertiary/aromatic N) is 2. The molecule has 5 aromatic carbocycles. The molecule has 9 heteroatoms. The summed E-state index contributed by atoms with van der Waals surface area (Å²) in [6, 6.07) is 35.8. The van der Waals surface area contributed by atoms with Crippen molar-refractivity contribution in [1.29, 1.82) is 0 Å². The molecular weight excluding hydrogens is 570 g/mol.